The van der Waals surface area contributed by atoms with Gasteiger partial charge in [0, 0.05) is 11.8 Å². The van der Waals surface area contributed by atoms with Crippen molar-refractivity contribution in [2.75, 3.05) is 16.4 Å². The van der Waals surface area contributed by atoms with E-state index in [1.54, 1.807) is 60.8 Å². The van der Waals surface area contributed by atoms with E-state index in [4.69, 9.17) is 0 Å². The molecule has 3 aromatic rings. The molecule has 1 aromatic heterocycles. The highest BCUT2D eigenvalue weighted by molar-refractivity contribution is 7.91. The molecule has 1 aliphatic carbocycles. The van der Waals surface area contributed by atoms with Crippen LogP contribution in [-0.4, -0.2) is 31.0 Å². The molecule has 0 bridgehead atoms. The molecule has 0 atom stereocenters. The lowest BCUT2D eigenvalue weighted by Crippen LogP contribution is -2.19. The molecule has 1 heterocycles. The molecule has 1 aliphatic rings. The van der Waals surface area contributed by atoms with E-state index in [1.165, 1.54) is 0 Å². The van der Waals surface area contributed by atoms with E-state index in [1.807, 2.05) is 13.0 Å². The lowest BCUT2D eigenvalue weighted by molar-refractivity contribution is -0.115. The molecular weight excluding hydrogens is 450 g/mol. The number of hydrogen-bond acceptors (Lipinski definition) is 5. The number of rotatable bonds is 9. The number of anilines is 2. The Hall–Kier alpha value is -3.52. The molecule has 4 rings (SSSR count). The third-order valence-electron chi connectivity index (χ3n) is 5.71. The number of hydrogen-bond donors (Lipinski definition) is 2. The minimum atomic E-state index is -3.29. The Kier molecular flexibility index (Phi) is 7.07. The lowest BCUT2D eigenvalue weighted by atomic mass is 10.1. The van der Waals surface area contributed by atoms with Crippen molar-refractivity contribution in [2.24, 2.45) is 5.92 Å². The van der Waals surface area contributed by atoms with Gasteiger partial charge in [0.1, 0.15) is 0 Å². The van der Waals surface area contributed by atoms with Crippen molar-refractivity contribution in [3.05, 3.63) is 83.7 Å². The molecule has 7 nitrogen and oxygen atoms in total. The van der Waals surface area contributed by atoms with Crippen LogP contribution in [0.2, 0.25) is 0 Å². The maximum Gasteiger partial charge on any atom is 0.255 e. The second-order valence-corrected chi connectivity index (χ2v) is 10.5. The van der Waals surface area contributed by atoms with Crippen LogP contribution in [0, 0.1) is 5.92 Å². The van der Waals surface area contributed by atoms with Gasteiger partial charge < -0.3 is 10.6 Å². The van der Waals surface area contributed by atoms with Crippen molar-refractivity contribution in [1.82, 2.24) is 4.98 Å². The van der Waals surface area contributed by atoms with Gasteiger partial charge >= 0.3 is 0 Å². The second kappa shape index (κ2) is 10.2. The standard InChI is InChI=1S/C26H27N3O4S/c1-2-22-25(29-26(31)20-6-4-3-5-7-20)23(14-15-27-22)28-24(30)16-18-10-12-21(13-11-18)34(32,33)17-19-8-9-19/h3-7,10-15,19H,2,8-9,16-17H2,1H3,(H,29,31)(H,27,28,30). The first-order valence-electron chi connectivity index (χ1n) is 11.3. The molecule has 0 aliphatic heterocycles. The highest BCUT2D eigenvalue weighted by Gasteiger charge is 2.29. The van der Waals surface area contributed by atoms with Crippen LogP contribution >= 0.6 is 0 Å². The molecule has 1 fully saturated rings. The van der Waals surface area contributed by atoms with Crippen LogP contribution in [0.4, 0.5) is 11.4 Å². The molecular formula is C26H27N3O4S. The summed E-state index contributed by atoms with van der Waals surface area (Å²) in [4.78, 5) is 30.1. The monoisotopic (exact) mass is 477 g/mol. The largest absolute Gasteiger partial charge is 0.324 e. The van der Waals surface area contributed by atoms with E-state index >= 15 is 0 Å². The number of carbonyl (C=O) groups excluding carboxylic acids is 2. The maximum absolute atomic E-state index is 12.8. The number of sulfone groups is 1. The topological polar surface area (TPSA) is 105 Å². The van der Waals surface area contributed by atoms with E-state index in [9.17, 15) is 18.0 Å². The van der Waals surface area contributed by atoms with Gasteiger partial charge in [0.25, 0.3) is 5.91 Å². The maximum atomic E-state index is 12.8. The Morgan fingerprint density at radius 3 is 2.32 bits per heavy atom. The van der Waals surface area contributed by atoms with Crippen LogP contribution in [-0.2, 0) is 27.5 Å². The van der Waals surface area contributed by atoms with Crippen LogP contribution in [0.5, 0.6) is 0 Å². The van der Waals surface area contributed by atoms with Gasteiger partial charge in [0.15, 0.2) is 9.84 Å². The average Bonchev–Trinajstić information content (AvgIpc) is 3.64. The fourth-order valence-corrected chi connectivity index (χ4v) is 5.37. The molecule has 34 heavy (non-hydrogen) atoms. The predicted molar refractivity (Wildman–Crippen MR) is 132 cm³/mol. The Labute approximate surface area is 199 Å². The molecule has 1 saturated carbocycles. The fourth-order valence-electron chi connectivity index (χ4n) is 3.68. The number of pyridine rings is 1. The minimum Gasteiger partial charge on any atom is -0.324 e. The van der Waals surface area contributed by atoms with E-state index in [-0.39, 0.29) is 34.8 Å². The molecule has 2 aromatic carbocycles. The first-order chi connectivity index (χ1) is 16.4. The molecule has 0 unspecified atom stereocenters. The second-order valence-electron chi connectivity index (χ2n) is 8.45. The van der Waals surface area contributed by atoms with E-state index in [0.717, 1.165) is 12.8 Å². The molecule has 8 heteroatoms. The van der Waals surface area contributed by atoms with E-state index < -0.39 is 9.84 Å². The number of amides is 2. The minimum absolute atomic E-state index is 0.0683. The summed E-state index contributed by atoms with van der Waals surface area (Å²) < 4.78 is 24.9. The van der Waals surface area contributed by atoms with Gasteiger partial charge in [0.2, 0.25) is 5.91 Å². The van der Waals surface area contributed by atoms with Gasteiger partial charge in [-0.05, 0) is 61.1 Å². The average molecular weight is 478 g/mol. The first-order valence-corrected chi connectivity index (χ1v) is 13.0. The number of benzene rings is 2. The van der Waals surface area contributed by atoms with Gasteiger partial charge in [0.05, 0.1) is 34.1 Å². The molecule has 0 saturated heterocycles. The molecule has 0 spiro atoms. The zero-order valence-corrected chi connectivity index (χ0v) is 19.8. The van der Waals surface area contributed by atoms with Gasteiger partial charge in [-0.1, -0.05) is 37.3 Å². The summed E-state index contributed by atoms with van der Waals surface area (Å²) in [5, 5.41) is 5.74. The van der Waals surface area contributed by atoms with Crippen LogP contribution in [0.15, 0.2) is 71.8 Å². The number of carbonyl (C=O) groups is 2. The summed E-state index contributed by atoms with van der Waals surface area (Å²) >= 11 is 0. The van der Waals surface area contributed by atoms with Crippen molar-refractivity contribution in [1.29, 1.82) is 0 Å². The third-order valence-corrected chi connectivity index (χ3v) is 7.61. The number of nitrogens with one attached hydrogen (secondary N) is 2. The zero-order chi connectivity index (χ0) is 24.1. The smallest absolute Gasteiger partial charge is 0.255 e. The van der Waals surface area contributed by atoms with Gasteiger partial charge in [-0.25, -0.2) is 8.42 Å². The first kappa shape index (κ1) is 23.6. The summed E-state index contributed by atoms with van der Waals surface area (Å²) in [5.74, 6) is -0.106. The molecule has 0 radical (unpaired) electrons. The molecule has 2 N–H and O–H groups in total. The van der Waals surface area contributed by atoms with Gasteiger partial charge in [-0.15, -0.1) is 0 Å². The van der Waals surface area contributed by atoms with Crippen LogP contribution in [0.25, 0.3) is 0 Å². The van der Waals surface area contributed by atoms with Gasteiger partial charge in [-0.3, -0.25) is 14.6 Å². The predicted octanol–water partition coefficient (Wildman–Crippen LogP) is 4.26. The van der Waals surface area contributed by atoms with Crippen molar-refractivity contribution in [3.8, 4) is 0 Å². The Morgan fingerprint density at radius 2 is 1.68 bits per heavy atom. The summed E-state index contributed by atoms with van der Waals surface area (Å²) in [5.41, 5.74) is 2.79. The van der Waals surface area contributed by atoms with Crippen molar-refractivity contribution in [3.63, 3.8) is 0 Å². The summed E-state index contributed by atoms with van der Waals surface area (Å²) in [6.45, 7) is 1.92. The number of aromatic nitrogens is 1. The Morgan fingerprint density at radius 1 is 0.971 bits per heavy atom. The van der Waals surface area contributed by atoms with Crippen LogP contribution in [0.3, 0.4) is 0 Å². The molecule has 176 valence electrons. The molecule has 2 amide bonds. The summed E-state index contributed by atoms with van der Waals surface area (Å²) in [6, 6.07) is 16.9. The quantitative estimate of drug-likeness (QED) is 0.479. The highest BCUT2D eigenvalue weighted by Crippen LogP contribution is 2.32. The Balaban J connectivity index is 1.46. The Bertz CT molecular complexity index is 1290. The van der Waals surface area contributed by atoms with Crippen LogP contribution in [0.1, 0.15) is 41.4 Å². The van der Waals surface area contributed by atoms with Crippen molar-refractivity contribution in [2.45, 2.75) is 37.5 Å². The SMILES string of the molecule is CCc1nccc(NC(=O)Cc2ccc(S(=O)(=O)CC3CC3)cc2)c1NC(=O)c1ccccc1. The van der Waals surface area contributed by atoms with E-state index in [2.05, 4.69) is 15.6 Å². The zero-order valence-electron chi connectivity index (χ0n) is 19.0. The van der Waals surface area contributed by atoms with Crippen molar-refractivity contribution < 1.29 is 18.0 Å². The number of aryl methyl sites for hydroxylation is 1. The highest BCUT2D eigenvalue weighted by atomic mass is 32.2. The lowest BCUT2D eigenvalue weighted by Gasteiger charge is -2.15. The summed E-state index contributed by atoms with van der Waals surface area (Å²) in [7, 11) is -3.29. The van der Waals surface area contributed by atoms with E-state index in [0.29, 0.717) is 34.6 Å². The fraction of sp³-hybridized carbons (Fsp3) is 0.269. The van der Waals surface area contributed by atoms with Crippen molar-refractivity contribution >= 4 is 33.0 Å². The normalized spacial score (nSPS) is 13.3. The van der Waals surface area contributed by atoms with Gasteiger partial charge in [-0.2, -0.15) is 0 Å². The van der Waals surface area contributed by atoms with Crippen LogP contribution < -0.4 is 10.6 Å². The number of nitrogens with zero attached hydrogens (tertiary/aromatic N) is 1. The third kappa shape index (κ3) is 5.88. The summed E-state index contributed by atoms with van der Waals surface area (Å²) in [6.07, 6.45) is 4.18.